The number of amides is 1. The van der Waals surface area contributed by atoms with E-state index in [9.17, 15) is 4.79 Å². The summed E-state index contributed by atoms with van der Waals surface area (Å²) in [5.74, 6) is 0.915. The predicted molar refractivity (Wildman–Crippen MR) is 72.1 cm³/mol. The number of hydrogen-bond acceptors (Lipinski definition) is 4. The van der Waals surface area contributed by atoms with Crippen LogP contribution in [0.5, 0.6) is 5.75 Å². The molecule has 1 aromatic carbocycles. The first-order chi connectivity index (χ1) is 9.22. The minimum Gasteiger partial charge on any atom is -0.497 e. The Morgan fingerprint density at radius 2 is 2.21 bits per heavy atom. The normalized spacial score (nSPS) is 19.3. The zero-order valence-corrected chi connectivity index (χ0v) is 11.2. The van der Waals surface area contributed by atoms with Crippen LogP contribution in [0.15, 0.2) is 24.3 Å². The molecule has 19 heavy (non-hydrogen) atoms. The zero-order chi connectivity index (χ0) is 13.7. The molecule has 2 rings (SSSR count). The number of benzene rings is 1. The summed E-state index contributed by atoms with van der Waals surface area (Å²) in [5, 5.41) is 0. The van der Waals surface area contributed by atoms with Crippen LogP contribution < -0.4 is 10.5 Å². The maximum atomic E-state index is 12.2. The second-order valence-electron chi connectivity index (χ2n) is 4.59. The number of morpholine rings is 1. The van der Waals surface area contributed by atoms with Crippen LogP contribution in [0.4, 0.5) is 0 Å². The maximum absolute atomic E-state index is 12.2. The lowest BCUT2D eigenvalue weighted by atomic mass is 10.1. The van der Waals surface area contributed by atoms with Gasteiger partial charge in [-0.3, -0.25) is 4.79 Å². The topological polar surface area (TPSA) is 64.8 Å². The summed E-state index contributed by atoms with van der Waals surface area (Å²) < 4.78 is 10.5. The molecular weight excluding hydrogens is 244 g/mol. The maximum Gasteiger partial charge on any atom is 0.227 e. The average Bonchev–Trinajstić information content (AvgIpc) is 2.48. The number of carbonyl (C=O) groups excluding carboxylic acids is 1. The number of carbonyl (C=O) groups is 1. The molecule has 1 unspecified atom stereocenters. The van der Waals surface area contributed by atoms with Gasteiger partial charge in [0, 0.05) is 19.6 Å². The minimum absolute atomic E-state index is 0.0337. The molecule has 2 N–H and O–H groups in total. The van der Waals surface area contributed by atoms with E-state index in [0.29, 0.717) is 32.7 Å². The molecule has 0 saturated carbocycles. The molecule has 1 aliphatic rings. The highest BCUT2D eigenvalue weighted by molar-refractivity contribution is 5.79. The van der Waals surface area contributed by atoms with Crippen molar-refractivity contribution in [3.05, 3.63) is 29.8 Å². The van der Waals surface area contributed by atoms with Gasteiger partial charge in [0.1, 0.15) is 5.75 Å². The zero-order valence-electron chi connectivity index (χ0n) is 11.2. The summed E-state index contributed by atoms with van der Waals surface area (Å²) in [6.07, 6.45) is 0.370. The van der Waals surface area contributed by atoms with Crippen molar-refractivity contribution in [2.24, 2.45) is 5.73 Å². The lowest BCUT2D eigenvalue weighted by Gasteiger charge is -2.32. The van der Waals surface area contributed by atoms with Crippen LogP contribution in [0.25, 0.3) is 0 Å². The Bertz CT molecular complexity index is 419. The smallest absolute Gasteiger partial charge is 0.227 e. The van der Waals surface area contributed by atoms with E-state index in [0.717, 1.165) is 11.3 Å². The molecule has 1 heterocycles. The molecule has 0 radical (unpaired) electrons. The third-order valence-electron chi connectivity index (χ3n) is 3.27. The van der Waals surface area contributed by atoms with E-state index in [1.54, 1.807) is 7.11 Å². The highest BCUT2D eigenvalue weighted by atomic mass is 16.5. The molecule has 5 nitrogen and oxygen atoms in total. The van der Waals surface area contributed by atoms with Crippen molar-refractivity contribution in [1.29, 1.82) is 0 Å². The Hall–Kier alpha value is -1.59. The van der Waals surface area contributed by atoms with Crippen molar-refractivity contribution in [2.45, 2.75) is 12.5 Å². The van der Waals surface area contributed by atoms with E-state index in [2.05, 4.69) is 0 Å². The lowest BCUT2D eigenvalue weighted by molar-refractivity contribution is -0.137. The SMILES string of the molecule is COc1ccc(CC(=O)N2CCOC(CN)C2)cc1. The van der Waals surface area contributed by atoms with Crippen molar-refractivity contribution >= 4 is 5.91 Å². The fourth-order valence-electron chi connectivity index (χ4n) is 2.12. The Morgan fingerprint density at radius 3 is 2.84 bits per heavy atom. The largest absolute Gasteiger partial charge is 0.497 e. The van der Waals surface area contributed by atoms with E-state index in [1.807, 2.05) is 29.2 Å². The molecule has 5 heteroatoms. The Balaban J connectivity index is 1.92. The van der Waals surface area contributed by atoms with E-state index in [1.165, 1.54) is 0 Å². The Morgan fingerprint density at radius 1 is 1.47 bits per heavy atom. The van der Waals surface area contributed by atoms with Crippen molar-refractivity contribution in [3.63, 3.8) is 0 Å². The number of rotatable bonds is 4. The van der Waals surface area contributed by atoms with Gasteiger partial charge in [-0.05, 0) is 17.7 Å². The molecule has 0 spiro atoms. The van der Waals surface area contributed by atoms with Gasteiger partial charge in [-0.2, -0.15) is 0 Å². The van der Waals surface area contributed by atoms with Gasteiger partial charge in [-0.25, -0.2) is 0 Å². The number of nitrogens with two attached hydrogens (primary N) is 1. The highest BCUT2D eigenvalue weighted by Crippen LogP contribution is 2.13. The number of hydrogen-bond donors (Lipinski definition) is 1. The number of nitrogens with zero attached hydrogens (tertiary/aromatic N) is 1. The third kappa shape index (κ3) is 3.68. The Kier molecular flexibility index (Phi) is 4.76. The van der Waals surface area contributed by atoms with Crippen LogP contribution >= 0.6 is 0 Å². The van der Waals surface area contributed by atoms with Crippen LogP contribution in [0, 0.1) is 0 Å². The summed E-state index contributed by atoms with van der Waals surface area (Å²) >= 11 is 0. The number of methoxy groups -OCH3 is 1. The van der Waals surface area contributed by atoms with Gasteiger partial charge in [0.25, 0.3) is 0 Å². The monoisotopic (exact) mass is 264 g/mol. The van der Waals surface area contributed by atoms with Crippen LogP contribution in [0.3, 0.4) is 0 Å². The molecule has 0 aliphatic carbocycles. The highest BCUT2D eigenvalue weighted by Gasteiger charge is 2.23. The molecular formula is C14H20N2O3. The predicted octanol–water partition coefficient (Wildman–Crippen LogP) is 0.424. The van der Waals surface area contributed by atoms with Gasteiger partial charge in [-0.15, -0.1) is 0 Å². The molecule has 1 fully saturated rings. The second kappa shape index (κ2) is 6.54. The van der Waals surface area contributed by atoms with E-state index in [-0.39, 0.29) is 12.0 Å². The number of ether oxygens (including phenoxy) is 2. The molecule has 1 saturated heterocycles. The van der Waals surface area contributed by atoms with Crippen LogP contribution in [0.1, 0.15) is 5.56 Å². The standard InChI is InChI=1S/C14H20N2O3/c1-18-12-4-2-11(3-5-12)8-14(17)16-6-7-19-13(9-15)10-16/h2-5,13H,6-10,15H2,1H3. The van der Waals surface area contributed by atoms with Crippen LogP contribution in [-0.2, 0) is 16.0 Å². The van der Waals surface area contributed by atoms with Crippen LogP contribution in [-0.4, -0.2) is 50.3 Å². The van der Waals surface area contributed by atoms with Crippen LogP contribution in [0.2, 0.25) is 0 Å². The third-order valence-corrected chi connectivity index (χ3v) is 3.27. The van der Waals surface area contributed by atoms with Gasteiger partial charge in [0.2, 0.25) is 5.91 Å². The lowest BCUT2D eigenvalue weighted by Crippen LogP contribution is -2.48. The van der Waals surface area contributed by atoms with E-state index < -0.39 is 0 Å². The Labute approximate surface area is 113 Å². The summed E-state index contributed by atoms with van der Waals surface area (Å²) in [5.41, 5.74) is 6.56. The summed E-state index contributed by atoms with van der Waals surface area (Å²) in [6.45, 7) is 2.25. The molecule has 1 amide bonds. The second-order valence-corrected chi connectivity index (χ2v) is 4.59. The summed E-state index contributed by atoms with van der Waals surface area (Å²) in [6, 6.07) is 7.56. The molecule has 0 aromatic heterocycles. The molecule has 0 bridgehead atoms. The van der Waals surface area contributed by atoms with Gasteiger partial charge in [-0.1, -0.05) is 12.1 Å². The summed E-state index contributed by atoms with van der Waals surface area (Å²) in [7, 11) is 1.63. The molecule has 1 aliphatic heterocycles. The fourth-order valence-corrected chi connectivity index (χ4v) is 2.12. The average molecular weight is 264 g/mol. The summed E-state index contributed by atoms with van der Waals surface area (Å²) in [4.78, 5) is 14.0. The van der Waals surface area contributed by atoms with Crippen molar-refractivity contribution in [1.82, 2.24) is 4.90 Å². The quantitative estimate of drug-likeness (QED) is 0.856. The van der Waals surface area contributed by atoms with Gasteiger partial charge in [0.05, 0.1) is 26.2 Å². The molecule has 104 valence electrons. The molecule has 1 atom stereocenters. The van der Waals surface area contributed by atoms with Crippen molar-refractivity contribution in [3.8, 4) is 5.75 Å². The first-order valence-electron chi connectivity index (χ1n) is 6.45. The van der Waals surface area contributed by atoms with Crippen molar-refractivity contribution in [2.75, 3.05) is 33.4 Å². The van der Waals surface area contributed by atoms with Gasteiger partial charge in [0.15, 0.2) is 0 Å². The molecule has 1 aromatic rings. The first-order valence-corrected chi connectivity index (χ1v) is 6.45. The first kappa shape index (κ1) is 13.8. The van der Waals surface area contributed by atoms with Crippen molar-refractivity contribution < 1.29 is 14.3 Å². The van der Waals surface area contributed by atoms with E-state index in [4.69, 9.17) is 15.2 Å². The minimum atomic E-state index is -0.0337. The van der Waals surface area contributed by atoms with Gasteiger partial charge < -0.3 is 20.1 Å². The fraction of sp³-hybridized carbons (Fsp3) is 0.500. The van der Waals surface area contributed by atoms with E-state index >= 15 is 0 Å². The van der Waals surface area contributed by atoms with Gasteiger partial charge >= 0.3 is 0 Å².